The van der Waals surface area contributed by atoms with Gasteiger partial charge in [-0.1, -0.05) is 48.9 Å². The summed E-state index contributed by atoms with van der Waals surface area (Å²) in [5, 5.41) is 1.15. The van der Waals surface area contributed by atoms with E-state index in [9.17, 15) is 0 Å². The summed E-state index contributed by atoms with van der Waals surface area (Å²) in [6.07, 6.45) is 4.72. The number of nitrogens with one attached hydrogen (secondary N) is 1. The van der Waals surface area contributed by atoms with Gasteiger partial charge in [0.2, 0.25) is 5.52 Å². The van der Waals surface area contributed by atoms with Crippen LogP contribution >= 0.6 is 0 Å². The van der Waals surface area contributed by atoms with E-state index in [1.54, 1.807) is 0 Å². The molecule has 22 heavy (non-hydrogen) atoms. The third-order valence-corrected chi connectivity index (χ3v) is 4.86. The molecule has 110 valence electrons. The number of aromatic nitrogens is 1. The van der Waals surface area contributed by atoms with Crippen LogP contribution in [0, 0.1) is 0 Å². The molecule has 0 aliphatic heterocycles. The van der Waals surface area contributed by atoms with Gasteiger partial charge in [0, 0.05) is 11.6 Å². The molecule has 2 heteroatoms. The molecule has 1 heterocycles. The predicted molar refractivity (Wildman–Crippen MR) is 90.8 cm³/mol. The summed E-state index contributed by atoms with van der Waals surface area (Å²) in [7, 11) is 0. The summed E-state index contributed by atoms with van der Waals surface area (Å²) < 4.78 is 0. The molecule has 1 aromatic heterocycles. The molecule has 3 N–H and O–H groups in total. The van der Waals surface area contributed by atoms with Gasteiger partial charge in [-0.25, -0.2) is 4.98 Å². The number of anilines is 1. The fourth-order valence-corrected chi connectivity index (χ4v) is 3.74. The summed E-state index contributed by atoms with van der Waals surface area (Å²) in [6.45, 7) is 0. The number of nitrogens with two attached hydrogens (primary N) is 1. The van der Waals surface area contributed by atoms with Gasteiger partial charge in [0.05, 0.1) is 17.0 Å². The average Bonchev–Trinajstić information content (AvgIpc) is 2.79. The molecule has 0 saturated carbocycles. The van der Waals surface area contributed by atoms with Gasteiger partial charge in [-0.15, -0.1) is 0 Å². The van der Waals surface area contributed by atoms with Gasteiger partial charge in [-0.2, -0.15) is 0 Å². The molecule has 0 fully saturated rings. The molecular formula is C20H21N2+. The van der Waals surface area contributed by atoms with Gasteiger partial charge in [0.1, 0.15) is 0 Å². The first-order valence-electron chi connectivity index (χ1n) is 8.12. The van der Waals surface area contributed by atoms with Crippen LogP contribution in [0.4, 0.5) is 5.69 Å². The molecule has 0 bridgehead atoms. The van der Waals surface area contributed by atoms with Crippen molar-refractivity contribution in [3.8, 4) is 0 Å². The number of para-hydroxylation sites is 1. The van der Waals surface area contributed by atoms with Crippen LogP contribution in [-0.4, -0.2) is 0 Å². The Bertz CT molecular complexity index is 809. The summed E-state index contributed by atoms with van der Waals surface area (Å²) in [4.78, 5) is 3.70. The van der Waals surface area contributed by atoms with Crippen LogP contribution in [0.1, 0.15) is 42.0 Å². The number of aromatic amines is 1. The van der Waals surface area contributed by atoms with Crippen LogP contribution in [0.15, 0.2) is 54.6 Å². The standard InChI is InChI=1S/C20H20N2/c21-19-16-11-6-7-13-18(16)22-20-15(10-4-5-12-17(19)20)14-8-2-1-3-9-14/h1-3,6-9,11,13,15H,4-5,10,12H2,(H2,21,22)/p+1/t15-/m1/s1. The molecule has 3 aromatic rings. The van der Waals surface area contributed by atoms with Gasteiger partial charge in [0.15, 0.2) is 5.69 Å². The van der Waals surface area contributed by atoms with Crippen LogP contribution in [0.5, 0.6) is 0 Å². The summed E-state index contributed by atoms with van der Waals surface area (Å²) in [5.41, 5.74) is 12.7. The molecule has 0 saturated heterocycles. The first-order valence-corrected chi connectivity index (χ1v) is 8.12. The van der Waals surface area contributed by atoms with Crippen molar-refractivity contribution in [1.29, 1.82) is 0 Å². The maximum absolute atomic E-state index is 6.53. The van der Waals surface area contributed by atoms with Crippen molar-refractivity contribution in [1.82, 2.24) is 0 Å². The van der Waals surface area contributed by atoms with Crippen molar-refractivity contribution in [2.45, 2.75) is 31.6 Å². The van der Waals surface area contributed by atoms with Crippen LogP contribution in [0.2, 0.25) is 0 Å². The third-order valence-electron chi connectivity index (χ3n) is 4.86. The van der Waals surface area contributed by atoms with Crippen LogP contribution < -0.4 is 10.7 Å². The fraction of sp³-hybridized carbons (Fsp3) is 0.250. The monoisotopic (exact) mass is 289 g/mol. The second kappa shape index (κ2) is 5.45. The molecule has 0 unspecified atom stereocenters. The van der Waals surface area contributed by atoms with Gasteiger partial charge < -0.3 is 5.73 Å². The number of benzene rings is 2. The first kappa shape index (κ1) is 13.3. The smallest absolute Gasteiger partial charge is 0.213 e. The van der Waals surface area contributed by atoms with Crippen molar-refractivity contribution in [2.24, 2.45) is 0 Å². The first-order chi connectivity index (χ1) is 10.8. The lowest BCUT2D eigenvalue weighted by atomic mass is 9.89. The molecule has 2 aromatic carbocycles. The highest BCUT2D eigenvalue weighted by atomic mass is 14.7. The zero-order chi connectivity index (χ0) is 14.9. The zero-order valence-electron chi connectivity index (χ0n) is 12.7. The van der Waals surface area contributed by atoms with E-state index in [-0.39, 0.29) is 0 Å². The Morgan fingerprint density at radius 3 is 2.55 bits per heavy atom. The number of H-pyrrole nitrogens is 1. The Kier molecular flexibility index (Phi) is 3.30. The molecule has 0 radical (unpaired) electrons. The van der Waals surface area contributed by atoms with Gasteiger partial charge in [0.25, 0.3) is 0 Å². The quantitative estimate of drug-likeness (QED) is 0.673. The van der Waals surface area contributed by atoms with Crippen molar-refractivity contribution in [3.05, 3.63) is 71.4 Å². The number of hydrogen-bond donors (Lipinski definition) is 1. The highest BCUT2D eigenvalue weighted by molar-refractivity contribution is 5.89. The van der Waals surface area contributed by atoms with Crippen molar-refractivity contribution in [2.75, 3.05) is 5.73 Å². The molecule has 0 spiro atoms. The Morgan fingerprint density at radius 1 is 0.909 bits per heavy atom. The number of fused-ring (bicyclic) bond motifs is 2. The Morgan fingerprint density at radius 2 is 1.68 bits per heavy atom. The van der Waals surface area contributed by atoms with Crippen LogP contribution in [-0.2, 0) is 6.42 Å². The van der Waals surface area contributed by atoms with Crippen molar-refractivity contribution in [3.63, 3.8) is 0 Å². The second-order valence-corrected chi connectivity index (χ2v) is 6.19. The topological polar surface area (TPSA) is 40.2 Å². The minimum Gasteiger partial charge on any atom is -0.398 e. The van der Waals surface area contributed by atoms with E-state index in [1.165, 1.54) is 36.1 Å². The number of hydrogen-bond acceptors (Lipinski definition) is 1. The zero-order valence-corrected chi connectivity index (χ0v) is 12.7. The molecular weight excluding hydrogens is 268 g/mol. The van der Waals surface area contributed by atoms with E-state index < -0.39 is 0 Å². The highest BCUT2D eigenvalue weighted by Gasteiger charge is 2.29. The lowest BCUT2D eigenvalue weighted by molar-refractivity contribution is -0.360. The lowest BCUT2D eigenvalue weighted by Gasteiger charge is -2.15. The van der Waals surface area contributed by atoms with E-state index in [0.717, 1.165) is 23.0 Å². The molecule has 1 aliphatic carbocycles. The average molecular weight is 289 g/mol. The Balaban J connectivity index is 1.96. The molecule has 0 amide bonds. The van der Waals surface area contributed by atoms with E-state index in [1.807, 2.05) is 0 Å². The normalized spacial score (nSPS) is 17.9. The van der Waals surface area contributed by atoms with Crippen molar-refractivity contribution < 1.29 is 4.98 Å². The summed E-state index contributed by atoms with van der Waals surface area (Å²) in [5.74, 6) is 0.422. The van der Waals surface area contributed by atoms with Gasteiger partial charge >= 0.3 is 0 Å². The number of pyridine rings is 1. The molecule has 2 nitrogen and oxygen atoms in total. The maximum atomic E-state index is 6.53. The van der Waals surface area contributed by atoms with E-state index in [4.69, 9.17) is 5.73 Å². The van der Waals surface area contributed by atoms with Crippen LogP contribution in [0.3, 0.4) is 0 Å². The van der Waals surface area contributed by atoms with E-state index in [0.29, 0.717) is 5.92 Å². The van der Waals surface area contributed by atoms with E-state index in [2.05, 4.69) is 59.6 Å². The Labute approximate surface area is 131 Å². The highest BCUT2D eigenvalue weighted by Crippen LogP contribution is 2.37. The minimum atomic E-state index is 0.422. The van der Waals surface area contributed by atoms with E-state index >= 15 is 0 Å². The largest absolute Gasteiger partial charge is 0.398 e. The molecule has 1 aliphatic rings. The van der Waals surface area contributed by atoms with Crippen molar-refractivity contribution >= 4 is 16.6 Å². The maximum Gasteiger partial charge on any atom is 0.213 e. The van der Waals surface area contributed by atoms with Gasteiger partial charge in [-0.3, -0.25) is 0 Å². The summed E-state index contributed by atoms with van der Waals surface area (Å²) in [6, 6.07) is 19.2. The number of rotatable bonds is 1. The second-order valence-electron chi connectivity index (χ2n) is 6.19. The third kappa shape index (κ3) is 2.16. The minimum absolute atomic E-state index is 0.422. The molecule has 4 rings (SSSR count). The number of nitrogen functional groups attached to an aromatic ring is 1. The predicted octanol–water partition coefficient (Wildman–Crippen LogP) is 4.09. The lowest BCUT2D eigenvalue weighted by Crippen LogP contribution is -2.21. The SMILES string of the molecule is Nc1c2c([nH+]c3ccccc13)[C@@H](c1ccccc1)CCCC2. The Hall–Kier alpha value is -2.35. The van der Waals surface area contributed by atoms with Gasteiger partial charge in [-0.05, 0) is 30.9 Å². The molecule has 1 atom stereocenters. The summed E-state index contributed by atoms with van der Waals surface area (Å²) >= 11 is 0. The van der Waals surface area contributed by atoms with Crippen LogP contribution in [0.25, 0.3) is 10.9 Å². The fourth-order valence-electron chi connectivity index (χ4n) is 3.74.